The number of hydrogen-bond acceptors (Lipinski definition) is 7. The number of anilines is 2. The summed E-state index contributed by atoms with van der Waals surface area (Å²) in [6.07, 6.45) is 1.52. The molecule has 0 radical (unpaired) electrons. The number of rotatable bonds is 5. The van der Waals surface area contributed by atoms with Gasteiger partial charge in [0.2, 0.25) is 0 Å². The van der Waals surface area contributed by atoms with Gasteiger partial charge in [0.05, 0.1) is 33.1 Å². The topological polar surface area (TPSA) is 80.3 Å². The lowest BCUT2D eigenvalue weighted by Crippen LogP contribution is -2.54. The van der Waals surface area contributed by atoms with Gasteiger partial charge in [0, 0.05) is 36.5 Å². The van der Waals surface area contributed by atoms with E-state index in [4.69, 9.17) is 26.4 Å². The molecule has 0 atom stereocenters. The Kier molecular flexibility index (Phi) is 6.38. The monoisotopic (exact) mass is 453 g/mol. The average molecular weight is 454 g/mol. The zero-order valence-corrected chi connectivity index (χ0v) is 18.6. The summed E-state index contributed by atoms with van der Waals surface area (Å²) in [5, 5.41) is 2.61. The first kappa shape index (κ1) is 21.8. The number of hydrogen-bond donors (Lipinski definition) is 1. The highest BCUT2D eigenvalue weighted by atomic mass is 32.1. The molecule has 0 bridgehead atoms. The summed E-state index contributed by atoms with van der Waals surface area (Å²) in [6.45, 7) is 2.92. The predicted octanol–water partition coefficient (Wildman–Crippen LogP) is 2.37. The third-order valence-corrected chi connectivity index (χ3v) is 5.59. The second-order valence-corrected chi connectivity index (χ2v) is 7.57. The summed E-state index contributed by atoms with van der Waals surface area (Å²) in [7, 11) is 3.09. The zero-order chi connectivity index (χ0) is 22.7. The lowest BCUT2D eigenvalue weighted by molar-refractivity contribution is -0.122. The van der Waals surface area contributed by atoms with Crippen LogP contribution in [-0.2, 0) is 14.3 Å². The maximum Gasteiger partial charge on any atom is 0.270 e. The molecule has 2 aliphatic rings. The SMILES string of the molecule is COc1cccc(N2C(=O)/C(=C/c3ccc(N4CCOCC4)cc3OC)C(=O)NC2=S)c1. The Labute approximate surface area is 191 Å². The number of morpholine rings is 1. The van der Waals surface area contributed by atoms with Crippen LogP contribution >= 0.6 is 12.2 Å². The average Bonchev–Trinajstić information content (AvgIpc) is 2.82. The van der Waals surface area contributed by atoms with Crippen molar-refractivity contribution in [3.8, 4) is 11.5 Å². The minimum absolute atomic E-state index is 0.0139. The number of nitrogens with zero attached hydrogens (tertiary/aromatic N) is 2. The summed E-state index contributed by atoms with van der Waals surface area (Å²) in [6, 6.07) is 12.6. The van der Waals surface area contributed by atoms with Crippen LogP contribution < -0.4 is 24.6 Å². The van der Waals surface area contributed by atoms with Crippen molar-refractivity contribution in [3.63, 3.8) is 0 Å². The fraction of sp³-hybridized carbons (Fsp3) is 0.261. The van der Waals surface area contributed by atoms with Gasteiger partial charge in [-0.25, -0.2) is 0 Å². The molecule has 0 aliphatic carbocycles. The van der Waals surface area contributed by atoms with Crippen LogP contribution in [0.4, 0.5) is 11.4 Å². The molecule has 1 N–H and O–H groups in total. The van der Waals surface area contributed by atoms with Crippen molar-refractivity contribution in [2.75, 3.05) is 50.3 Å². The van der Waals surface area contributed by atoms with E-state index >= 15 is 0 Å². The summed E-state index contributed by atoms with van der Waals surface area (Å²) < 4.78 is 16.2. The molecule has 2 fully saturated rings. The summed E-state index contributed by atoms with van der Waals surface area (Å²) in [5.74, 6) is 0.0499. The Hall–Kier alpha value is -3.43. The minimum Gasteiger partial charge on any atom is -0.497 e. The molecule has 2 heterocycles. The number of carbonyl (C=O) groups excluding carboxylic acids is 2. The largest absolute Gasteiger partial charge is 0.497 e. The highest BCUT2D eigenvalue weighted by Gasteiger charge is 2.34. The third-order valence-electron chi connectivity index (χ3n) is 5.31. The van der Waals surface area contributed by atoms with Crippen LogP contribution in [0.3, 0.4) is 0 Å². The molecule has 2 aliphatic heterocycles. The molecular formula is C23H23N3O5S. The van der Waals surface area contributed by atoms with Crippen molar-refractivity contribution in [2.24, 2.45) is 0 Å². The van der Waals surface area contributed by atoms with E-state index in [0.29, 0.717) is 36.0 Å². The molecule has 32 heavy (non-hydrogen) atoms. The Morgan fingerprint density at radius 1 is 1.03 bits per heavy atom. The van der Waals surface area contributed by atoms with Crippen molar-refractivity contribution in [2.45, 2.75) is 0 Å². The van der Waals surface area contributed by atoms with Crippen LogP contribution in [0, 0.1) is 0 Å². The van der Waals surface area contributed by atoms with E-state index in [0.717, 1.165) is 18.8 Å². The highest BCUT2D eigenvalue weighted by molar-refractivity contribution is 7.80. The Bertz CT molecular complexity index is 1090. The number of nitrogens with one attached hydrogen (secondary N) is 1. The first-order valence-corrected chi connectivity index (χ1v) is 10.5. The number of amides is 2. The van der Waals surface area contributed by atoms with Crippen LogP contribution in [0.15, 0.2) is 48.0 Å². The van der Waals surface area contributed by atoms with E-state index in [1.807, 2.05) is 18.2 Å². The zero-order valence-electron chi connectivity index (χ0n) is 17.8. The molecule has 2 saturated heterocycles. The fourth-order valence-corrected chi connectivity index (χ4v) is 3.92. The highest BCUT2D eigenvalue weighted by Crippen LogP contribution is 2.30. The molecule has 2 aromatic rings. The van der Waals surface area contributed by atoms with Gasteiger partial charge in [-0.05, 0) is 42.6 Å². The molecule has 2 aromatic carbocycles. The van der Waals surface area contributed by atoms with Crippen molar-refractivity contribution in [1.82, 2.24) is 5.32 Å². The number of benzene rings is 2. The number of thiocarbonyl (C=S) groups is 1. The van der Waals surface area contributed by atoms with Gasteiger partial charge in [-0.15, -0.1) is 0 Å². The molecule has 2 amide bonds. The molecule has 166 valence electrons. The van der Waals surface area contributed by atoms with Gasteiger partial charge in [0.25, 0.3) is 11.8 Å². The maximum absolute atomic E-state index is 13.3. The van der Waals surface area contributed by atoms with Crippen molar-refractivity contribution in [3.05, 3.63) is 53.6 Å². The van der Waals surface area contributed by atoms with E-state index in [2.05, 4.69) is 10.2 Å². The van der Waals surface area contributed by atoms with Crippen LogP contribution in [-0.4, -0.2) is 57.4 Å². The normalized spacial score (nSPS) is 18.1. The van der Waals surface area contributed by atoms with E-state index in [-0.39, 0.29) is 10.7 Å². The van der Waals surface area contributed by atoms with Crippen LogP contribution in [0.25, 0.3) is 6.08 Å². The summed E-state index contributed by atoms with van der Waals surface area (Å²) in [4.78, 5) is 29.4. The molecule has 0 unspecified atom stereocenters. The second kappa shape index (κ2) is 9.37. The van der Waals surface area contributed by atoms with Crippen molar-refractivity contribution >= 4 is 46.6 Å². The standard InChI is InChI=1S/C23H23N3O5S/c1-29-18-5-3-4-17(13-18)26-22(28)19(21(27)24-23(26)32)12-15-6-7-16(14-20(15)30-2)25-8-10-31-11-9-25/h3-7,12-14H,8-11H2,1-2H3,(H,24,27,32)/b19-12+. The van der Waals surface area contributed by atoms with Gasteiger partial charge in [-0.3, -0.25) is 19.8 Å². The lowest BCUT2D eigenvalue weighted by Gasteiger charge is -2.30. The molecule has 8 nitrogen and oxygen atoms in total. The molecule has 0 saturated carbocycles. The molecule has 0 spiro atoms. The summed E-state index contributed by atoms with van der Waals surface area (Å²) in [5.41, 5.74) is 2.06. The smallest absolute Gasteiger partial charge is 0.270 e. The van der Waals surface area contributed by atoms with Crippen LogP contribution in [0.5, 0.6) is 11.5 Å². The molecule has 9 heteroatoms. The minimum atomic E-state index is -0.557. The van der Waals surface area contributed by atoms with E-state index in [1.54, 1.807) is 31.4 Å². The van der Waals surface area contributed by atoms with Crippen molar-refractivity contribution in [1.29, 1.82) is 0 Å². The first-order valence-electron chi connectivity index (χ1n) is 10.1. The van der Waals surface area contributed by atoms with Gasteiger partial charge in [0.15, 0.2) is 5.11 Å². The molecular weight excluding hydrogens is 430 g/mol. The number of ether oxygens (including phenoxy) is 3. The van der Waals surface area contributed by atoms with E-state index < -0.39 is 11.8 Å². The Morgan fingerprint density at radius 2 is 1.81 bits per heavy atom. The Morgan fingerprint density at radius 3 is 2.53 bits per heavy atom. The van der Waals surface area contributed by atoms with Crippen LogP contribution in [0.1, 0.15) is 5.56 Å². The van der Waals surface area contributed by atoms with Gasteiger partial charge < -0.3 is 19.1 Å². The third kappa shape index (κ3) is 4.30. The molecule has 4 rings (SSSR count). The fourth-order valence-electron chi connectivity index (χ4n) is 3.63. The lowest BCUT2D eigenvalue weighted by atomic mass is 10.1. The van der Waals surface area contributed by atoms with Crippen LogP contribution in [0.2, 0.25) is 0 Å². The first-order chi connectivity index (χ1) is 15.5. The van der Waals surface area contributed by atoms with E-state index in [9.17, 15) is 9.59 Å². The summed E-state index contributed by atoms with van der Waals surface area (Å²) >= 11 is 5.26. The number of carbonyl (C=O) groups is 2. The predicted molar refractivity (Wildman–Crippen MR) is 125 cm³/mol. The Balaban J connectivity index is 1.68. The van der Waals surface area contributed by atoms with E-state index in [1.165, 1.54) is 18.1 Å². The number of methoxy groups -OCH3 is 2. The van der Waals surface area contributed by atoms with Gasteiger partial charge >= 0.3 is 0 Å². The van der Waals surface area contributed by atoms with Gasteiger partial charge in [0.1, 0.15) is 17.1 Å². The van der Waals surface area contributed by atoms with Gasteiger partial charge in [-0.1, -0.05) is 6.07 Å². The van der Waals surface area contributed by atoms with Gasteiger partial charge in [-0.2, -0.15) is 0 Å². The van der Waals surface area contributed by atoms with Crippen molar-refractivity contribution < 1.29 is 23.8 Å². The quantitative estimate of drug-likeness (QED) is 0.423. The maximum atomic E-state index is 13.3. The molecule has 0 aromatic heterocycles. The second-order valence-electron chi connectivity index (χ2n) is 7.19.